The number of hydrogen-bond acceptors (Lipinski definition) is 3. The molecule has 3 unspecified atom stereocenters. The van der Waals surface area contributed by atoms with Crippen molar-refractivity contribution in [3.05, 3.63) is 22.4 Å². The summed E-state index contributed by atoms with van der Waals surface area (Å²) in [6.45, 7) is 7.15. The second kappa shape index (κ2) is 5.63. The molecule has 2 rings (SSSR count). The molecule has 0 saturated heterocycles. The van der Waals surface area contributed by atoms with Crippen molar-refractivity contribution in [3.63, 3.8) is 0 Å². The maximum Gasteiger partial charge on any atom is 0.223 e. The molecule has 1 amide bonds. The van der Waals surface area contributed by atoms with Gasteiger partial charge >= 0.3 is 0 Å². The molecule has 1 aliphatic rings. The van der Waals surface area contributed by atoms with Crippen LogP contribution in [0.1, 0.15) is 39.2 Å². The third kappa shape index (κ3) is 3.00. The lowest BCUT2D eigenvalue weighted by Gasteiger charge is -2.46. The number of carbonyl (C=O) groups excluding carboxylic acids is 1. The van der Waals surface area contributed by atoms with Crippen molar-refractivity contribution in [2.75, 3.05) is 0 Å². The molecule has 0 aromatic carbocycles. The fourth-order valence-corrected chi connectivity index (χ4v) is 3.69. The van der Waals surface area contributed by atoms with E-state index in [9.17, 15) is 4.79 Å². The van der Waals surface area contributed by atoms with Crippen LogP contribution >= 0.6 is 11.3 Å². The van der Waals surface area contributed by atoms with E-state index in [0.29, 0.717) is 12.5 Å². The minimum absolute atomic E-state index is 0.0314. The van der Waals surface area contributed by atoms with E-state index in [1.165, 1.54) is 5.56 Å². The first-order valence-corrected chi connectivity index (χ1v) is 7.91. The molecule has 1 saturated carbocycles. The van der Waals surface area contributed by atoms with Gasteiger partial charge in [-0.1, -0.05) is 20.8 Å². The van der Waals surface area contributed by atoms with Crippen LogP contribution in [0.15, 0.2) is 16.8 Å². The largest absolute Gasteiger partial charge is 0.352 e. The predicted molar refractivity (Wildman–Crippen MR) is 79.8 cm³/mol. The molecule has 0 aliphatic heterocycles. The number of carbonyl (C=O) groups is 1. The lowest BCUT2D eigenvalue weighted by atomic mass is 9.61. The van der Waals surface area contributed by atoms with Crippen LogP contribution in [0.5, 0.6) is 0 Å². The summed E-state index contributed by atoms with van der Waals surface area (Å²) in [5.41, 5.74) is 7.28. The van der Waals surface area contributed by atoms with Gasteiger partial charge in [-0.05, 0) is 46.6 Å². The van der Waals surface area contributed by atoms with Gasteiger partial charge < -0.3 is 11.1 Å². The van der Waals surface area contributed by atoms with Crippen LogP contribution in [-0.2, 0) is 11.3 Å². The van der Waals surface area contributed by atoms with Crippen molar-refractivity contribution in [2.24, 2.45) is 23.0 Å². The van der Waals surface area contributed by atoms with Crippen molar-refractivity contribution >= 4 is 17.2 Å². The van der Waals surface area contributed by atoms with E-state index in [2.05, 4.69) is 37.5 Å². The van der Waals surface area contributed by atoms with E-state index in [1.54, 1.807) is 11.3 Å². The molecule has 1 fully saturated rings. The van der Waals surface area contributed by atoms with Crippen molar-refractivity contribution in [3.8, 4) is 0 Å². The molecule has 19 heavy (non-hydrogen) atoms. The Morgan fingerprint density at radius 3 is 2.89 bits per heavy atom. The molecule has 3 atom stereocenters. The van der Waals surface area contributed by atoms with Gasteiger partial charge in [0.05, 0.1) is 0 Å². The normalized spacial score (nSPS) is 30.0. The molecule has 1 aromatic heterocycles. The lowest BCUT2D eigenvalue weighted by molar-refractivity contribution is -0.132. The average molecular weight is 280 g/mol. The summed E-state index contributed by atoms with van der Waals surface area (Å²) in [6.07, 6.45) is 1.84. The highest BCUT2D eigenvalue weighted by atomic mass is 32.1. The molecular formula is C15H24N2OS. The van der Waals surface area contributed by atoms with Gasteiger partial charge in [-0.25, -0.2) is 0 Å². The zero-order valence-electron chi connectivity index (χ0n) is 12.0. The smallest absolute Gasteiger partial charge is 0.223 e. The van der Waals surface area contributed by atoms with E-state index in [0.717, 1.165) is 12.8 Å². The van der Waals surface area contributed by atoms with Gasteiger partial charge in [0.25, 0.3) is 0 Å². The van der Waals surface area contributed by atoms with Crippen LogP contribution in [0.4, 0.5) is 0 Å². The predicted octanol–water partition coefficient (Wildman–Crippen LogP) is 2.76. The summed E-state index contributed by atoms with van der Waals surface area (Å²) < 4.78 is 0. The Kier molecular flexibility index (Phi) is 4.31. The van der Waals surface area contributed by atoms with Crippen LogP contribution in [0, 0.1) is 17.3 Å². The van der Waals surface area contributed by atoms with Crippen LogP contribution < -0.4 is 11.1 Å². The van der Waals surface area contributed by atoms with E-state index in [1.807, 2.05) is 5.38 Å². The maximum absolute atomic E-state index is 12.4. The zero-order chi connectivity index (χ0) is 14.0. The Balaban J connectivity index is 1.98. The van der Waals surface area contributed by atoms with E-state index in [4.69, 9.17) is 5.73 Å². The number of hydrogen-bond donors (Lipinski definition) is 2. The summed E-state index contributed by atoms with van der Waals surface area (Å²) in [5, 5.41) is 7.18. The van der Waals surface area contributed by atoms with Gasteiger partial charge in [0.15, 0.2) is 0 Å². The number of rotatable bonds is 3. The van der Waals surface area contributed by atoms with Crippen LogP contribution in [-0.4, -0.2) is 11.9 Å². The van der Waals surface area contributed by atoms with Gasteiger partial charge in [-0.2, -0.15) is 11.3 Å². The highest BCUT2D eigenvalue weighted by Crippen LogP contribution is 2.44. The molecule has 106 valence electrons. The molecule has 0 bridgehead atoms. The molecule has 1 aliphatic carbocycles. The van der Waals surface area contributed by atoms with Crippen LogP contribution in [0.25, 0.3) is 0 Å². The Hall–Kier alpha value is -0.870. The molecule has 1 aromatic rings. The highest BCUT2D eigenvalue weighted by molar-refractivity contribution is 7.07. The minimum atomic E-state index is -0.0314. The lowest BCUT2D eigenvalue weighted by Crippen LogP contribution is -2.51. The Morgan fingerprint density at radius 2 is 2.26 bits per heavy atom. The quantitative estimate of drug-likeness (QED) is 0.894. The summed E-state index contributed by atoms with van der Waals surface area (Å²) in [7, 11) is 0. The number of nitrogens with one attached hydrogen (secondary N) is 1. The first-order chi connectivity index (χ1) is 8.93. The second-order valence-electron chi connectivity index (χ2n) is 6.25. The third-order valence-electron chi connectivity index (χ3n) is 4.87. The topological polar surface area (TPSA) is 55.1 Å². The minimum Gasteiger partial charge on any atom is -0.352 e. The van der Waals surface area contributed by atoms with Gasteiger partial charge in [-0.3, -0.25) is 4.79 Å². The van der Waals surface area contributed by atoms with Gasteiger partial charge in [0.1, 0.15) is 0 Å². The first kappa shape index (κ1) is 14.5. The van der Waals surface area contributed by atoms with E-state index < -0.39 is 0 Å². The SMILES string of the molecule is CC1C(N)CCC(C(=O)NCc2ccsc2)C1(C)C. The fraction of sp³-hybridized carbons (Fsp3) is 0.667. The van der Waals surface area contributed by atoms with Crippen molar-refractivity contribution in [2.45, 2.75) is 46.2 Å². The number of nitrogens with two attached hydrogens (primary N) is 1. The molecule has 4 heteroatoms. The first-order valence-electron chi connectivity index (χ1n) is 6.97. The molecule has 3 nitrogen and oxygen atoms in total. The molecule has 1 heterocycles. The van der Waals surface area contributed by atoms with Crippen LogP contribution in [0.3, 0.4) is 0 Å². The van der Waals surface area contributed by atoms with Gasteiger partial charge in [0.2, 0.25) is 5.91 Å². The Labute approximate surface area is 119 Å². The standard InChI is InChI=1S/C15H24N2OS/c1-10-13(16)5-4-12(15(10,2)3)14(18)17-8-11-6-7-19-9-11/h6-7,9-10,12-13H,4-5,8,16H2,1-3H3,(H,17,18). The maximum atomic E-state index is 12.4. The summed E-state index contributed by atoms with van der Waals surface area (Å²) >= 11 is 1.66. The highest BCUT2D eigenvalue weighted by Gasteiger charge is 2.44. The summed E-state index contributed by atoms with van der Waals surface area (Å²) in [4.78, 5) is 12.4. The zero-order valence-corrected chi connectivity index (χ0v) is 12.8. The molecule has 0 spiro atoms. The molecular weight excluding hydrogens is 256 g/mol. The monoisotopic (exact) mass is 280 g/mol. The Bertz CT molecular complexity index is 427. The number of thiophene rings is 1. The third-order valence-corrected chi connectivity index (χ3v) is 5.60. The Morgan fingerprint density at radius 1 is 1.53 bits per heavy atom. The van der Waals surface area contributed by atoms with E-state index in [-0.39, 0.29) is 23.3 Å². The van der Waals surface area contributed by atoms with Crippen molar-refractivity contribution in [1.82, 2.24) is 5.32 Å². The van der Waals surface area contributed by atoms with Gasteiger partial charge in [-0.15, -0.1) is 0 Å². The average Bonchev–Trinajstić information content (AvgIpc) is 2.86. The molecule has 3 N–H and O–H groups in total. The second-order valence-corrected chi connectivity index (χ2v) is 7.03. The van der Waals surface area contributed by atoms with Crippen LogP contribution in [0.2, 0.25) is 0 Å². The molecule has 0 radical (unpaired) electrons. The fourth-order valence-electron chi connectivity index (χ4n) is 3.02. The van der Waals surface area contributed by atoms with Crippen molar-refractivity contribution < 1.29 is 4.79 Å². The number of amides is 1. The van der Waals surface area contributed by atoms with E-state index >= 15 is 0 Å². The van der Waals surface area contributed by atoms with Crippen molar-refractivity contribution in [1.29, 1.82) is 0 Å². The summed E-state index contributed by atoms with van der Waals surface area (Å²) in [6, 6.07) is 2.27. The summed E-state index contributed by atoms with van der Waals surface area (Å²) in [5.74, 6) is 0.619. The van der Waals surface area contributed by atoms with Gasteiger partial charge in [0, 0.05) is 18.5 Å².